The minimum absolute atomic E-state index is 0.131. The maximum atomic E-state index is 12.4. The van der Waals surface area contributed by atoms with Gasteiger partial charge in [-0.1, -0.05) is 0 Å². The summed E-state index contributed by atoms with van der Waals surface area (Å²) >= 11 is 0. The summed E-state index contributed by atoms with van der Waals surface area (Å²) in [5.41, 5.74) is 0.537. The molecular weight excluding hydrogens is 302 g/mol. The normalized spacial score (nSPS) is 17.6. The highest BCUT2D eigenvalue weighted by Gasteiger charge is 2.27. The van der Waals surface area contributed by atoms with E-state index in [0.29, 0.717) is 25.3 Å². The standard InChI is InChI=1S/C15H19N3O5/c1-11(19)18(10-14(20)21)9-13-8-17(6-7-23-13)15(22)12-2-4-16-5-3-12/h2-5,13H,6-10H2,1H3,(H,20,21). The number of carboxylic acids is 1. The van der Waals surface area contributed by atoms with Crippen molar-refractivity contribution >= 4 is 17.8 Å². The number of nitrogens with zero attached hydrogens (tertiary/aromatic N) is 3. The highest BCUT2D eigenvalue weighted by atomic mass is 16.5. The van der Waals surface area contributed by atoms with Crippen molar-refractivity contribution in [2.75, 3.05) is 32.8 Å². The van der Waals surface area contributed by atoms with Crippen molar-refractivity contribution in [2.45, 2.75) is 13.0 Å². The van der Waals surface area contributed by atoms with Crippen LogP contribution < -0.4 is 0 Å². The van der Waals surface area contributed by atoms with E-state index < -0.39 is 12.1 Å². The summed E-state index contributed by atoms with van der Waals surface area (Å²) in [4.78, 5) is 41.5. The predicted molar refractivity (Wildman–Crippen MR) is 79.8 cm³/mol. The Hall–Kier alpha value is -2.48. The van der Waals surface area contributed by atoms with Crippen LogP contribution in [-0.4, -0.2) is 76.6 Å². The first-order valence-corrected chi connectivity index (χ1v) is 7.25. The van der Waals surface area contributed by atoms with Gasteiger partial charge in [0.2, 0.25) is 5.91 Å². The Kier molecular flexibility index (Phi) is 5.64. The zero-order valence-electron chi connectivity index (χ0n) is 12.8. The lowest BCUT2D eigenvalue weighted by Gasteiger charge is -2.35. The fourth-order valence-corrected chi connectivity index (χ4v) is 2.40. The van der Waals surface area contributed by atoms with Crippen LogP contribution in [0.2, 0.25) is 0 Å². The fraction of sp³-hybridized carbons (Fsp3) is 0.467. The van der Waals surface area contributed by atoms with E-state index >= 15 is 0 Å². The van der Waals surface area contributed by atoms with E-state index in [1.165, 1.54) is 11.8 Å². The van der Waals surface area contributed by atoms with Crippen LogP contribution >= 0.6 is 0 Å². The molecule has 1 unspecified atom stereocenters. The van der Waals surface area contributed by atoms with Crippen LogP contribution in [0.15, 0.2) is 24.5 Å². The summed E-state index contributed by atoms with van der Waals surface area (Å²) < 4.78 is 5.56. The van der Waals surface area contributed by atoms with Crippen LogP contribution in [0.1, 0.15) is 17.3 Å². The van der Waals surface area contributed by atoms with E-state index in [-0.39, 0.29) is 24.9 Å². The molecule has 1 atom stereocenters. The Labute approximate surface area is 133 Å². The van der Waals surface area contributed by atoms with Crippen molar-refractivity contribution in [3.63, 3.8) is 0 Å². The van der Waals surface area contributed by atoms with Gasteiger partial charge >= 0.3 is 5.97 Å². The molecule has 2 heterocycles. The smallest absolute Gasteiger partial charge is 0.323 e. The Bertz CT molecular complexity index is 578. The molecule has 124 valence electrons. The van der Waals surface area contributed by atoms with Crippen LogP contribution in [0, 0.1) is 0 Å². The molecule has 2 rings (SSSR count). The third kappa shape index (κ3) is 4.75. The van der Waals surface area contributed by atoms with Crippen molar-refractivity contribution in [3.8, 4) is 0 Å². The molecule has 1 aliphatic rings. The number of pyridine rings is 1. The molecule has 1 N–H and O–H groups in total. The Morgan fingerprint density at radius 3 is 2.70 bits per heavy atom. The Balaban J connectivity index is 1.98. The van der Waals surface area contributed by atoms with Gasteiger partial charge in [-0.05, 0) is 12.1 Å². The molecule has 23 heavy (non-hydrogen) atoms. The third-order valence-electron chi connectivity index (χ3n) is 3.55. The predicted octanol–water partition coefficient (Wildman–Crippen LogP) is -0.144. The minimum atomic E-state index is -1.08. The van der Waals surface area contributed by atoms with Crippen LogP contribution in [0.25, 0.3) is 0 Å². The second-order valence-electron chi connectivity index (χ2n) is 5.27. The molecule has 1 aromatic rings. The molecule has 0 aromatic carbocycles. The first-order chi connectivity index (χ1) is 11.0. The van der Waals surface area contributed by atoms with E-state index in [0.717, 1.165) is 0 Å². The van der Waals surface area contributed by atoms with E-state index in [9.17, 15) is 14.4 Å². The Morgan fingerprint density at radius 2 is 2.09 bits per heavy atom. The average molecular weight is 321 g/mol. The number of carboxylic acid groups (broad SMARTS) is 1. The second-order valence-corrected chi connectivity index (χ2v) is 5.27. The zero-order valence-corrected chi connectivity index (χ0v) is 12.8. The summed E-state index contributed by atoms with van der Waals surface area (Å²) in [6.45, 7) is 2.18. The lowest BCUT2D eigenvalue weighted by molar-refractivity contribution is -0.145. The van der Waals surface area contributed by atoms with E-state index in [2.05, 4.69) is 4.98 Å². The molecule has 1 aromatic heterocycles. The molecule has 2 amide bonds. The number of morpholine rings is 1. The SMILES string of the molecule is CC(=O)N(CC(=O)O)CC1CN(C(=O)c2ccncc2)CCO1. The van der Waals surface area contributed by atoms with Crippen LogP contribution in [0.4, 0.5) is 0 Å². The van der Waals surface area contributed by atoms with Crippen molar-refractivity contribution in [1.29, 1.82) is 0 Å². The largest absolute Gasteiger partial charge is 0.480 e. The quantitative estimate of drug-likeness (QED) is 0.810. The molecule has 8 heteroatoms. The van der Waals surface area contributed by atoms with E-state index in [1.54, 1.807) is 29.4 Å². The van der Waals surface area contributed by atoms with E-state index in [4.69, 9.17) is 9.84 Å². The van der Waals surface area contributed by atoms with Gasteiger partial charge in [0.15, 0.2) is 0 Å². The van der Waals surface area contributed by atoms with Gasteiger partial charge in [-0.25, -0.2) is 0 Å². The molecule has 0 aliphatic carbocycles. The van der Waals surface area contributed by atoms with Crippen molar-refractivity contribution in [2.24, 2.45) is 0 Å². The van der Waals surface area contributed by atoms with Crippen LogP contribution in [-0.2, 0) is 14.3 Å². The van der Waals surface area contributed by atoms with Crippen molar-refractivity contribution < 1.29 is 24.2 Å². The second kappa shape index (κ2) is 7.68. The maximum Gasteiger partial charge on any atom is 0.323 e. The number of amides is 2. The van der Waals surface area contributed by atoms with Gasteiger partial charge in [0, 0.05) is 44.5 Å². The average Bonchev–Trinajstić information content (AvgIpc) is 2.54. The van der Waals surface area contributed by atoms with Gasteiger partial charge in [-0.15, -0.1) is 0 Å². The lowest BCUT2D eigenvalue weighted by atomic mass is 10.2. The number of aromatic nitrogens is 1. The van der Waals surface area contributed by atoms with E-state index in [1.807, 2.05) is 0 Å². The minimum Gasteiger partial charge on any atom is -0.480 e. The molecule has 1 fully saturated rings. The molecule has 1 aliphatic heterocycles. The molecule has 1 saturated heterocycles. The van der Waals surface area contributed by atoms with Gasteiger partial charge in [0.1, 0.15) is 6.54 Å². The number of aliphatic carboxylic acids is 1. The number of rotatable bonds is 5. The molecule has 0 radical (unpaired) electrons. The monoisotopic (exact) mass is 321 g/mol. The summed E-state index contributed by atoms with van der Waals surface area (Å²) in [7, 11) is 0. The zero-order chi connectivity index (χ0) is 16.8. The van der Waals surface area contributed by atoms with Crippen molar-refractivity contribution in [1.82, 2.24) is 14.8 Å². The topological polar surface area (TPSA) is 100 Å². The number of ether oxygens (including phenoxy) is 1. The molecule has 0 spiro atoms. The van der Waals surface area contributed by atoms with Gasteiger partial charge in [0.25, 0.3) is 5.91 Å². The highest BCUT2D eigenvalue weighted by Crippen LogP contribution is 2.11. The number of hydrogen-bond acceptors (Lipinski definition) is 5. The number of carbonyl (C=O) groups excluding carboxylic acids is 2. The van der Waals surface area contributed by atoms with Crippen molar-refractivity contribution in [3.05, 3.63) is 30.1 Å². The lowest BCUT2D eigenvalue weighted by Crippen LogP contribution is -2.51. The van der Waals surface area contributed by atoms with Crippen LogP contribution in [0.3, 0.4) is 0 Å². The summed E-state index contributed by atoms with van der Waals surface area (Å²) in [6.07, 6.45) is 2.70. The van der Waals surface area contributed by atoms with Gasteiger partial charge in [-0.3, -0.25) is 19.4 Å². The third-order valence-corrected chi connectivity index (χ3v) is 3.55. The summed E-state index contributed by atoms with van der Waals surface area (Å²) in [5, 5.41) is 8.85. The molecule has 0 saturated carbocycles. The highest BCUT2D eigenvalue weighted by molar-refractivity contribution is 5.94. The first kappa shape index (κ1) is 16.9. The maximum absolute atomic E-state index is 12.4. The number of carbonyl (C=O) groups is 3. The van der Waals surface area contributed by atoms with Gasteiger partial charge < -0.3 is 19.6 Å². The Morgan fingerprint density at radius 1 is 1.39 bits per heavy atom. The molecular formula is C15H19N3O5. The first-order valence-electron chi connectivity index (χ1n) is 7.25. The van der Waals surface area contributed by atoms with Gasteiger partial charge in [0.05, 0.1) is 12.7 Å². The molecule has 0 bridgehead atoms. The fourth-order valence-electron chi connectivity index (χ4n) is 2.40. The van der Waals surface area contributed by atoms with Gasteiger partial charge in [-0.2, -0.15) is 0 Å². The summed E-state index contributed by atoms with van der Waals surface area (Å²) in [6, 6.07) is 3.28. The number of hydrogen-bond donors (Lipinski definition) is 1. The summed E-state index contributed by atoms with van der Waals surface area (Å²) in [5.74, 6) is -1.55. The molecule has 8 nitrogen and oxygen atoms in total. The van der Waals surface area contributed by atoms with Crippen LogP contribution in [0.5, 0.6) is 0 Å².